The first-order valence-corrected chi connectivity index (χ1v) is 18.2. The molecule has 9 atom stereocenters. The normalized spacial score (nSPS) is 33.0. The van der Waals surface area contributed by atoms with E-state index in [1.165, 1.54) is 53.2 Å². The molecule has 0 saturated heterocycles. The average molecular weight is 753 g/mol. The number of carbonyl (C=O) groups is 3. The van der Waals surface area contributed by atoms with E-state index in [-0.39, 0.29) is 50.6 Å². The van der Waals surface area contributed by atoms with Crippen molar-refractivity contribution in [1.82, 2.24) is 0 Å². The number of rotatable bonds is 4. The molecule has 7 N–H and O–H groups in total. The van der Waals surface area contributed by atoms with Crippen molar-refractivity contribution in [1.29, 1.82) is 0 Å². The number of phenols is 3. The maximum atomic E-state index is 14.3. The van der Waals surface area contributed by atoms with E-state index in [1.807, 2.05) is 0 Å². The van der Waals surface area contributed by atoms with E-state index < -0.39 is 88.8 Å². The Bertz CT molecular complexity index is 1920. The Hall–Kier alpha value is -4.79. The predicted octanol–water partition coefficient (Wildman–Crippen LogP) is 5.33. The van der Waals surface area contributed by atoms with Gasteiger partial charge in [-0.05, 0) is 32.8 Å². The zero-order valence-corrected chi connectivity index (χ0v) is 32.1. The monoisotopic (exact) mass is 752 g/mol. The van der Waals surface area contributed by atoms with Gasteiger partial charge in [0, 0.05) is 67.2 Å². The van der Waals surface area contributed by atoms with Gasteiger partial charge in [-0.1, -0.05) is 45.9 Å². The number of fused-ring (bicyclic) bond motifs is 14. The summed E-state index contributed by atoms with van der Waals surface area (Å²) in [5.41, 5.74) is -0.103. The van der Waals surface area contributed by atoms with Crippen LogP contribution in [0, 0.1) is 30.6 Å². The molecule has 14 nitrogen and oxygen atoms in total. The lowest BCUT2D eigenvalue weighted by atomic mass is 9.78. The Morgan fingerprint density at radius 2 is 1.61 bits per heavy atom. The van der Waals surface area contributed by atoms with Gasteiger partial charge >= 0.3 is 11.8 Å². The second kappa shape index (κ2) is 15.5. The topological polar surface area (TPSA) is 213 Å². The van der Waals surface area contributed by atoms with E-state index in [1.54, 1.807) is 39.8 Å². The van der Waals surface area contributed by atoms with E-state index in [2.05, 4.69) is 10.6 Å². The molecule has 3 heterocycles. The minimum absolute atomic E-state index is 0.0425. The van der Waals surface area contributed by atoms with E-state index in [9.17, 15) is 39.9 Å². The number of aliphatic hydroxyl groups excluding tert-OH is 2. The molecule has 9 unspecified atom stereocenters. The summed E-state index contributed by atoms with van der Waals surface area (Å²) >= 11 is 0. The summed E-state index contributed by atoms with van der Waals surface area (Å²) < 4.78 is 23.5. The number of hydrogen-bond donors (Lipinski definition) is 7. The molecular formula is C40H52N2O12. The van der Waals surface area contributed by atoms with Crippen molar-refractivity contribution < 1.29 is 58.9 Å². The van der Waals surface area contributed by atoms with Crippen molar-refractivity contribution in [2.45, 2.75) is 104 Å². The van der Waals surface area contributed by atoms with Crippen molar-refractivity contribution in [3.05, 3.63) is 47.3 Å². The third kappa shape index (κ3) is 7.46. The third-order valence-electron chi connectivity index (χ3n) is 10.9. The summed E-state index contributed by atoms with van der Waals surface area (Å²) in [5.74, 6) is -8.00. The van der Waals surface area contributed by atoms with Crippen LogP contribution in [0.3, 0.4) is 0 Å². The Kier molecular flexibility index (Phi) is 11.6. The van der Waals surface area contributed by atoms with Gasteiger partial charge in [0.25, 0.3) is 11.7 Å². The first-order chi connectivity index (χ1) is 25.3. The third-order valence-corrected chi connectivity index (χ3v) is 10.9. The highest BCUT2D eigenvalue weighted by Crippen LogP contribution is 2.57. The molecule has 0 spiro atoms. The van der Waals surface area contributed by atoms with Gasteiger partial charge in [0.1, 0.15) is 34.7 Å². The number of benzene rings is 2. The standard InChI is InChI=1S/C40H52N2O12/c1-17-11-10-12-18(2)39(50)42-30-29(41-24-13-14-24)34(47)26-27(35(30)48)33(46)22(6)37-28(26)38(49)40(8,54-37)52-16-15-25(51-9)19(3)36(53-23(7)43)21(5)32(45)20(4)31(17)44/h10-12,15-17,19-21,24-25,31-32,36,41,44-48H,13-14H2,1-9H3,(H,42,50)/b11-10+,16-15+,18-12+. The summed E-state index contributed by atoms with van der Waals surface area (Å²) in [7, 11) is 1.44. The number of ketones is 1. The van der Waals surface area contributed by atoms with Crippen molar-refractivity contribution in [2.24, 2.45) is 23.7 Å². The molecule has 5 bridgehead atoms. The minimum atomic E-state index is -2.00. The smallest absolute Gasteiger partial charge is 0.312 e. The molecule has 1 aliphatic carbocycles. The zero-order chi connectivity index (χ0) is 40.0. The number of carbonyl (C=O) groups excluding carboxylic acids is 3. The van der Waals surface area contributed by atoms with Crippen molar-refractivity contribution in [2.75, 3.05) is 17.7 Å². The molecule has 6 rings (SSSR count). The number of nitrogens with one attached hydrogen (secondary N) is 2. The van der Waals surface area contributed by atoms with Crippen LogP contribution < -0.4 is 15.4 Å². The lowest BCUT2D eigenvalue weighted by Gasteiger charge is -2.38. The maximum absolute atomic E-state index is 14.3. The van der Waals surface area contributed by atoms with Gasteiger partial charge in [0.05, 0.1) is 35.5 Å². The quantitative estimate of drug-likeness (QED) is 0.120. The van der Waals surface area contributed by atoms with Gasteiger partial charge in [0.2, 0.25) is 0 Å². The Labute approximate surface area is 314 Å². The van der Waals surface area contributed by atoms with Crippen molar-refractivity contribution >= 4 is 39.8 Å². The number of allylic oxidation sites excluding steroid dienone is 2. The molecule has 2 aromatic rings. The number of methoxy groups -OCH3 is 1. The van der Waals surface area contributed by atoms with Gasteiger partial charge in [0.15, 0.2) is 5.75 Å². The number of ether oxygens (including phenoxy) is 4. The summed E-state index contributed by atoms with van der Waals surface area (Å²) in [6.07, 6.45) is 5.19. The minimum Gasteiger partial charge on any atom is -0.507 e. The number of aromatic hydroxyl groups is 3. The molecule has 1 amide bonds. The van der Waals surface area contributed by atoms with Crippen LogP contribution in [0.25, 0.3) is 10.8 Å². The molecule has 1 saturated carbocycles. The molecule has 3 aliphatic heterocycles. The SMILES string of the molecule is COC1/C=C/OC2(C)Oc3c(C)c(O)c4c(O)c(c(NC5CC5)c(O)c4c3C2=O)NC(=O)/C(C)=C/C=C/C(C)C(O)C(C)C(O)C(C)C(OC(C)=O)C1C. The van der Waals surface area contributed by atoms with Gasteiger partial charge in [-0.15, -0.1) is 0 Å². The number of anilines is 2. The van der Waals surface area contributed by atoms with Crippen LogP contribution in [0.15, 0.2) is 36.1 Å². The average Bonchev–Trinajstić information content (AvgIpc) is 3.92. The van der Waals surface area contributed by atoms with E-state index in [0.717, 1.165) is 12.8 Å². The predicted molar refractivity (Wildman–Crippen MR) is 200 cm³/mol. The number of amides is 1. The van der Waals surface area contributed by atoms with Crippen LogP contribution in [-0.2, 0) is 23.8 Å². The zero-order valence-electron chi connectivity index (χ0n) is 32.1. The van der Waals surface area contributed by atoms with Crippen molar-refractivity contribution in [3.8, 4) is 23.0 Å². The molecular weight excluding hydrogens is 700 g/mol. The van der Waals surface area contributed by atoms with Crippen molar-refractivity contribution in [3.63, 3.8) is 0 Å². The van der Waals surface area contributed by atoms with E-state index in [0.29, 0.717) is 0 Å². The Balaban J connectivity index is 1.68. The van der Waals surface area contributed by atoms with E-state index in [4.69, 9.17) is 18.9 Å². The second-order valence-electron chi connectivity index (χ2n) is 15.0. The van der Waals surface area contributed by atoms with Crippen LogP contribution in [-0.4, -0.2) is 86.5 Å². The maximum Gasteiger partial charge on any atom is 0.312 e. The fraction of sp³-hybridized carbons (Fsp3) is 0.525. The van der Waals surface area contributed by atoms with E-state index >= 15 is 0 Å². The number of esters is 1. The first-order valence-electron chi connectivity index (χ1n) is 18.2. The highest BCUT2D eigenvalue weighted by atomic mass is 16.7. The van der Waals surface area contributed by atoms with Gasteiger partial charge < -0.3 is 55.1 Å². The lowest BCUT2D eigenvalue weighted by Crippen LogP contribution is -2.46. The second-order valence-corrected chi connectivity index (χ2v) is 15.0. The largest absolute Gasteiger partial charge is 0.507 e. The van der Waals surface area contributed by atoms with Gasteiger partial charge in [-0.25, -0.2) is 0 Å². The molecule has 0 aromatic heterocycles. The van der Waals surface area contributed by atoms with Crippen LogP contribution >= 0.6 is 0 Å². The van der Waals surface area contributed by atoms with Crippen LogP contribution in [0.5, 0.6) is 23.0 Å². The Morgan fingerprint density at radius 3 is 2.22 bits per heavy atom. The number of hydrogen-bond acceptors (Lipinski definition) is 13. The highest BCUT2D eigenvalue weighted by molar-refractivity contribution is 6.23. The highest BCUT2D eigenvalue weighted by Gasteiger charge is 2.50. The number of phenolic OH excluding ortho intramolecular Hbond substituents is 3. The fourth-order valence-corrected chi connectivity index (χ4v) is 7.30. The summed E-state index contributed by atoms with van der Waals surface area (Å²) in [6, 6.07) is -0.0824. The Morgan fingerprint density at radius 1 is 0.944 bits per heavy atom. The molecule has 0 radical (unpaired) electrons. The van der Waals surface area contributed by atoms with Gasteiger partial charge in [-0.2, -0.15) is 0 Å². The van der Waals surface area contributed by atoms with Crippen LogP contribution in [0.1, 0.15) is 77.2 Å². The van der Waals surface area contributed by atoms with Gasteiger partial charge in [-0.3, -0.25) is 14.4 Å². The molecule has 1 fully saturated rings. The van der Waals surface area contributed by atoms with Crippen LogP contribution in [0.4, 0.5) is 11.4 Å². The molecule has 2 aromatic carbocycles. The number of aliphatic hydroxyl groups is 2. The fourth-order valence-electron chi connectivity index (χ4n) is 7.30. The summed E-state index contributed by atoms with van der Waals surface area (Å²) in [6.45, 7) is 12.6. The first kappa shape index (κ1) is 40.4. The van der Waals surface area contributed by atoms with Crippen LogP contribution in [0.2, 0.25) is 0 Å². The number of Topliss-reactive ketones (excluding diaryl/α,β-unsaturated/α-hetero) is 1. The molecule has 54 heavy (non-hydrogen) atoms. The summed E-state index contributed by atoms with van der Waals surface area (Å²) in [5, 5.41) is 63.1. The molecule has 14 heteroatoms. The molecule has 4 aliphatic rings. The molecule has 294 valence electrons. The lowest BCUT2D eigenvalue weighted by molar-refractivity contribution is -0.160. The summed E-state index contributed by atoms with van der Waals surface area (Å²) in [4.78, 5) is 40.1.